The van der Waals surface area contributed by atoms with Crippen molar-refractivity contribution in [2.45, 2.75) is 18.9 Å². The van der Waals surface area contributed by atoms with Crippen LogP contribution in [0.2, 0.25) is 0 Å². The monoisotopic (exact) mass is 291 g/mol. The molecule has 1 fully saturated rings. The molecule has 3 N–H and O–H groups in total. The molecule has 7 heteroatoms. The lowest BCUT2D eigenvalue weighted by Crippen LogP contribution is -2.40. The first-order valence-electron chi connectivity index (χ1n) is 6.26. The molecule has 0 unspecified atom stereocenters. The average molecular weight is 291 g/mol. The number of nitrogen functional groups attached to an aromatic ring is 1. The molecule has 1 saturated heterocycles. The van der Waals surface area contributed by atoms with Gasteiger partial charge in [-0.1, -0.05) is 11.3 Å². The number of nitrogens with two attached hydrogens (primary N) is 1. The lowest BCUT2D eigenvalue weighted by molar-refractivity contribution is -0.141. The van der Waals surface area contributed by atoms with Gasteiger partial charge in [0.2, 0.25) is 0 Å². The number of carboxylic acid groups (broad SMARTS) is 1. The van der Waals surface area contributed by atoms with Crippen molar-refractivity contribution >= 4 is 38.6 Å². The third kappa shape index (κ3) is 2.09. The van der Waals surface area contributed by atoms with E-state index in [2.05, 4.69) is 4.98 Å². The molecular formula is C13H13N3O3S. The zero-order valence-corrected chi connectivity index (χ0v) is 11.4. The maximum Gasteiger partial charge on any atom is 0.326 e. The highest BCUT2D eigenvalue weighted by Gasteiger charge is 2.34. The third-order valence-corrected chi connectivity index (χ3v) is 4.30. The number of aliphatic carboxylic acids is 1. The number of carboxylic acids is 1. The molecule has 6 nitrogen and oxygen atoms in total. The van der Waals surface area contributed by atoms with Crippen molar-refractivity contribution in [3.05, 3.63) is 23.8 Å². The summed E-state index contributed by atoms with van der Waals surface area (Å²) in [6, 6.07) is 4.41. The molecule has 1 aliphatic rings. The van der Waals surface area contributed by atoms with E-state index in [9.17, 15) is 9.59 Å². The number of amides is 1. The van der Waals surface area contributed by atoms with Crippen molar-refractivity contribution in [3.63, 3.8) is 0 Å². The Bertz CT molecular complexity index is 697. The molecule has 0 bridgehead atoms. The standard InChI is InChI=1S/C13H13N3O3S/c14-13-15-8-4-3-7(6-10(8)20-13)11(17)16-5-1-2-9(16)12(18)19/h3-4,6,9H,1-2,5H2,(H2,14,15)(H,18,19)/t9-/m0/s1. The fourth-order valence-electron chi connectivity index (χ4n) is 2.51. The quantitative estimate of drug-likeness (QED) is 0.875. The van der Waals surface area contributed by atoms with E-state index in [1.807, 2.05) is 0 Å². The van der Waals surface area contributed by atoms with Crippen LogP contribution < -0.4 is 5.73 Å². The van der Waals surface area contributed by atoms with Gasteiger partial charge in [0, 0.05) is 12.1 Å². The summed E-state index contributed by atoms with van der Waals surface area (Å²) in [4.78, 5) is 29.1. The van der Waals surface area contributed by atoms with E-state index in [0.717, 1.165) is 16.6 Å². The van der Waals surface area contributed by atoms with E-state index in [0.29, 0.717) is 23.7 Å². The van der Waals surface area contributed by atoms with Crippen LogP contribution in [0, 0.1) is 0 Å². The zero-order valence-electron chi connectivity index (χ0n) is 10.6. The Morgan fingerprint density at radius 3 is 3.00 bits per heavy atom. The number of likely N-dealkylation sites (tertiary alicyclic amines) is 1. The van der Waals surface area contributed by atoms with Crippen molar-refractivity contribution in [1.29, 1.82) is 0 Å². The fourth-order valence-corrected chi connectivity index (χ4v) is 3.28. The number of hydrogen-bond donors (Lipinski definition) is 2. The van der Waals surface area contributed by atoms with Crippen LogP contribution in [0.4, 0.5) is 5.13 Å². The first-order valence-corrected chi connectivity index (χ1v) is 7.08. The molecule has 1 aromatic carbocycles. The van der Waals surface area contributed by atoms with Crippen molar-refractivity contribution in [1.82, 2.24) is 9.88 Å². The van der Waals surface area contributed by atoms with Crippen LogP contribution in [0.15, 0.2) is 18.2 Å². The van der Waals surface area contributed by atoms with Gasteiger partial charge >= 0.3 is 5.97 Å². The topological polar surface area (TPSA) is 96.5 Å². The zero-order chi connectivity index (χ0) is 14.3. The molecule has 3 rings (SSSR count). The Morgan fingerprint density at radius 2 is 2.25 bits per heavy atom. The molecule has 2 aromatic rings. The second-order valence-electron chi connectivity index (χ2n) is 4.73. The number of hydrogen-bond acceptors (Lipinski definition) is 5. The van der Waals surface area contributed by atoms with E-state index in [-0.39, 0.29) is 5.91 Å². The van der Waals surface area contributed by atoms with E-state index in [4.69, 9.17) is 10.8 Å². The Morgan fingerprint density at radius 1 is 1.45 bits per heavy atom. The van der Waals surface area contributed by atoms with E-state index >= 15 is 0 Å². The lowest BCUT2D eigenvalue weighted by atomic mass is 10.1. The third-order valence-electron chi connectivity index (χ3n) is 3.45. The number of carbonyl (C=O) groups excluding carboxylic acids is 1. The minimum atomic E-state index is -0.945. The van der Waals surface area contributed by atoms with Crippen molar-refractivity contribution in [2.75, 3.05) is 12.3 Å². The van der Waals surface area contributed by atoms with Gasteiger partial charge in [-0.05, 0) is 31.0 Å². The molecule has 20 heavy (non-hydrogen) atoms. The number of rotatable bonds is 2. The molecule has 1 atom stereocenters. The second kappa shape index (κ2) is 4.75. The molecule has 2 heterocycles. The summed E-state index contributed by atoms with van der Waals surface area (Å²) in [7, 11) is 0. The Hall–Kier alpha value is -2.15. The fraction of sp³-hybridized carbons (Fsp3) is 0.308. The summed E-state index contributed by atoms with van der Waals surface area (Å²) in [5.41, 5.74) is 6.87. The number of aromatic nitrogens is 1. The first kappa shape index (κ1) is 12.9. The number of benzene rings is 1. The highest BCUT2D eigenvalue weighted by Crippen LogP contribution is 2.26. The summed E-state index contributed by atoms with van der Waals surface area (Å²) < 4.78 is 0.833. The van der Waals surface area contributed by atoms with Gasteiger partial charge in [0.15, 0.2) is 5.13 Å². The predicted octanol–water partition coefficient (Wildman–Crippen LogP) is 1.57. The van der Waals surface area contributed by atoms with Gasteiger partial charge in [-0.2, -0.15) is 0 Å². The van der Waals surface area contributed by atoms with Crippen molar-refractivity contribution < 1.29 is 14.7 Å². The van der Waals surface area contributed by atoms with Crippen molar-refractivity contribution in [2.24, 2.45) is 0 Å². The van der Waals surface area contributed by atoms with Gasteiger partial charge in [-0.25, -0.2) is 9.78 Å². The maximum atomic E-state index is 12.4. The van der Waals surface area contributed by atoms with Crippen LogP contribution in [0.5, 0.6) is 0 Å². The van der Waals surface area contributed by atoms with Crippen molar-refractivity contribution in [3.8, 4) is 0 Å². The minimum absolute atomic E-state index is 0.247. The van der Waals surface area contributed by atoms with Gasteiger partial charge in [0.05, 0.1) is 10.2 Å². The van der Waals surface area contributed by atoms with Crippen LogP contribution in [-0.2, 0) is 4.79 Å². The van der Waals surface area contributed by atoms with E-state index in [1.165, 1.54) is 16.2 Å². The summed E-state index contributed by atoms with van der Waals surface area (Å²) in [6.07, 6.45) is 1.23. The largest absolute Gasteiger partial charge is 0.480 e. The Kier molecular flexibility index (Phi) is 3.06. The van der Waals surface area contributed by atoms with Crippen LogP contribution in [0.3, 0.4) is 0 Å². The SMILES string of the molecule is Nc1nc2ccc(C(=O)N3CCC[C@H]3C(=O)O)cc2s1. The minimum Gasteiger partial charge on any atom is -0.480 e. The molecule has 0 aliphatic carbocycles. The van der Waals surface area contributed by atoms with Crippen LogP contribution >= 0.6 is 11.3 Å². The van der Waals surface area contributed by atoms with E-state index in [1.54, 1.807) is 18.2 Å². The molecule has 1 aliphatic heterocycles. The molecule has 0 saturated carbocycles. The normalized spacial score (nSPS) is 18.6. The summed E-state index contributed by atoms with van der Waals surface area (Å²) in [5, 5.41) is 9.59. The Balaban J connectivity index is 1.93. The van der Waals surface area contributed by atoms with Gasteiger partial charge in [0.1, 0.15) is 6.04 Å². The second-order valence-corrected chi connectivity index (χ2v) is 5.79. The average Bonchev–Trinajstić information content (AvgIpc) is 3.01. The highest BCUT2D eigenvalue weighted by molar-refractivity contribution is 7.22. The molecule has 0 spiro atoms. The smallest absolute Gasteiger partial charge is 0.326 e. The number of nitrogens with zero attached hydrogens (tertiary/aromatic N) is 2. The molecule has 0 radical (unpaired) electrons. The maximum absolute atomic E-state index is 12.4. The molecule has 1 amide bonds. The van der Waals surface area contributed by atoms with Crippen LogP contribution in [0.1, 0.15) is 23.2 Å². The Labute approximate surface area is 118 Å². The lowest BCUT2D eigenvalue weighted by Gasteiger charge is -2.21. The van der Waals surface area contributed by atoms with Crippen LogP contribution in [0.25, 0.3) is 10.2 Å². The predicted molar refractivity (Wildman–Crippen MR) is 75.7 cm³/mol. The molecule has 1 aromatic heterocycles. The summed E-state index contributed by atoms with van der Waals surface area (Å²) in [6.45, 7) is 0.485. The van der Waals surface area contributed by atoms with E-state index < -0.39 is 12.0 Å². The first-order chi connectivity index (χ1) is 9.56. The summed E-state index contributed by atoms with van der Waals surface area (Å²) in [5.74, 6) is -1.19. The van der Waals surface area contributed by atoms with Gasteiger partial charge < -0.3 is 15.7 Å². The number of fused-ring (bicyclic) bond motifs is 1. The van der Waals surface area contributed by atoms with Crippen LogP contribution in [-0.4, -0.2) is 39.5 Å². The van der Waals surface area contributed by atoms with Gasteiger partial charge in [-0.3, -0.25) is 4.79 Å². The molecular weight excluding hydrogens is 278 g/mol. The number of thiazole rings is 1. The molecule has 104 valence electrons. The number of carbonyl (C=O) groups is 2. The van der Waals surface area contributed by atoms with Gasteiger partial charge in [0.25, 0.3) is 5.91 Å². The van der Waals surface area contributed by atoms with Gasteiger partial charge in [-0.15, -0.1) is 0 Å². The summed E-state index contributed by atoms with van der Waals surface area (Å²) >= 11 is 1.31. The number of anilines is 1. The highest BCUT2D eigenvalue weighted by atomic mass is 32.1.